The highest BCUT2D eigenvalue weighted by molar-refractivity contribution is 5.99. The average molecular weight is 488 g/mol. The summed E-state index contributed by atoms with van der Waals surface area (Å²) in [6, 6.07) is 14.5. The van der Waals surface area contributed by atoms with E-state index in [0.717, 1.165) is 16.7 Å². The van der Waals surface area contributed by atoms with Crippen LogP contribution in [0.15, 0.2) is 63.8 Å². The van der Waals surface area contributed by atoms with Gasteiger partial charge in [0.25, 0.3) is 5.91 Å². The summed E-state index contributed by atoms with van der Waals surface area (Å²) < 4.78 is 31.8. The van der Waals surface area contributed by atoms with Crippen molar-refractivity contribution < 1.29 is 23.1 Å². The van der Waals surface area contributed by atoms with Crippen LogP contribution >= 0.6 is 0 Å². The van der Waals surface area contributed by atoms with Crippen LogP contribution in [0.2, 0.25) is 0 Å². The summed E-state index contributed by atoms with van der Waals surface area (Å²) >= 11 is 0. The normalized spacial score (nSPS) is 14.9. The van der Waals surface area contributed by atoms with E-state index in [2.05, 4.69) is 0 Å². The summed E-state index contributed by atoms with van der Waals surface area (Å²) in [5.41, 5.74) is 3.07. The topological polar surface area (TPSA) is 69.0 Å². The fraction of sp³-hybridized carbons (Fsp3) is 0.241. The van der Waals surface area contributed by atoms with E-state index >= 15 is 4.39 Å². The molecular formula is C29H26FNO5. The van der Waals surface area contributed by atoms with Crippen LogP contribution in [0, 0.1) is 19.7 Å². The lowest BCUT2D eigenvalue weighted by molar-refractivity contribution is 0.0728. The van der Waals surface area contributed by atoms with Crippen LogP contribution in [0.5, 0.6) is 11.5 Å². The van der Waals surface area contributed by atoms with Gasteiger partial charge in [-0.15, -0.1) is 0 Å². The Morgan fingerprint density at radius 3 is 2.44 bits per heavy atom. The van der Waals surface area contributed by atoms with Gasteiger partial charge < -0.3 is 18.8 Å². The van der Waals surface area contributed by atoms with Gasteiger partial charge in [0, 0.05) is 12.1 Å². The van der Waals surface area contributed by atoms with E-state index in [1.54, 1.807) is 44.6 Å². The number of rotatable bonds is 6. The van der Waals surface area contributed by atoms with E-state index in [1.807, 2.05) is 32.0 Å². The maximum Gasteiger partial charge on any atom is 0.290 e. The van der Waals surface area contributed by atoms with Gasteiger partial charge in [0.15, 0.2) is 16.9 Å². The minimum Gasteiger partial charge on any atom is -0.493 e. The van der Waals surface area contributed by atoms with Gasteiger partial charge in [-0.1, -0.05) is 30.3 Å². The molecule has 0 unspecified atom stereocenters. The Kier molecular flexibility index (Phi) is 6.00. The van der Waals surface area contributed by atoms with Gasteiger partial charge in [0.05, 0.1) is 31.2 Å². The summed E-state index contributed by atoms with van der Waals surface area (Å²) in [6.07, 6.45) is 0.455. The molecule has 1 aliphatic heterocycles. The van der Waals surface area contributed by atoms with E-state index < -0.39 is 17.8 Å². The van der Waals surface area contributed by atoms with E-state index in [9.17, 15) is 9.59 Å². The fourth-order valence-corrected chi connectivity index (χ4v) is 5.05. The first-order valence-electron chi connectivity index (χ1n) is 11.7. The van der Waals surface area contributed by atoms with E-state index in [-0.39, 0.29) is 28.9 Å². The molecule has 0 fully saturated rings. The molecule has 0 radical (unpaired) electrons. The molecule has 0 spiro atoms. The number of hydrogen-bond acceptors (Lipinski definition) is 5. The van der Waals surface area contributed by atoms with Gasteiger partial charge in [-0.3, -0.25) is 9.59 Å². The molecule has 1 atom stereocenters. The van der Waals surface area contributed by atoms with Crippen molar-refractivity contribution in [2.45, 2.75) is 26.3 Å². The molecule has 4 aromatic rings. The van der Waals surface area contributed by atoms with E-state index in [4.69, 9.17) is 13.9 Å². The zero-order valence-electron chi connectivity index (χ0n) is 20.6. The molecule has 2 heterocycles. The van der Waals surface area contributed by atoms with Crippen molar-refractivity contribution in [2.24, 2.45) is 0 Å². The maximum atomic E-state index is 15.1. The minimum atomic E-state index is -0.893. The summed E-state index contributed by atoms with van der Waals surface area (Å²) in [7, 11) is 3.12. The highest BCUT2D eigenvalue weighted by Crippen LogP contribution is 2.39. The van der Waals surface area contributed by atoms with Gasteiger partial charge in [-0.2, -0.15) is 0 Å². The third-order valence-electron chi connectivity index (χ3n) is 6.70. The predicted molar refractivity (Wildman–Crippen MR) is 134 cm³/mol. The van der Waals surface area contributed by atoms with Gasteiger partial charge in [-0.25, -0.2) is 4.39 Å². The molecule has 0 bridgehead atoms. The SMILES string of the molecule is COc1ccc(CCN2C(=O)c3oc4cc(C)cc(C)c4c(=O)c3[C@@H]2c2ccccc2F)cc1OC. The van der Waals surface area contributed by atoms with Crippen LogP contribution in [-0.4, -0.2) is 31.6 Å². The molecule has 0 N–H and O–H groups in total. The number of halogens is 1. The van der Waals surface area contributed by atoms with Crippen molar-refractivity contribution in [1.82, 2.24) is 4.90 Å². The first-order valence-corrected chi connectivity index (χ1v) is 11.7. The molecular weight excluding hydrogens is 461 g/mol. The molecule has 5 rings (SSSR count). The maximum absolute atomic E-state index is 15.1. The van der Waals surface area contributed by atoms with Crippen molar-refractivity contribution >= 4 is 16.9 Å². The van der Waals surface area contributed by atoms with Crippen molar-refractivity contribution in [3.8, 4) is 11.5 Å². The van der Waals surface area contributed by atoms with Crippen LogP contribution in [0.1, 0.15) is 44.4 Å². The Morgan fingerprint density at radius 2 is 1.72 bits per heavy atom. The lowest BCUT2D eigenvalue weighted by Gasteiger charge is -2.25. The highest BCUT2D eigenvalue weighted by atomic mass is 19.1. The van der Waals surface area contributed by atoms with Crippen LogP contribution in [-0.2, 0) is 6.42 Å². The highest BCUT2D eigenvalue weighted by Gasteiger charge is 2.43. The van der Waals surface area contributed by atoms with E-state index in [1.165, 1.54) is 11.0 Å². The minimum absolute atomic E-state index is 0.0296. The van der Waals surface area contributed by atoms with Gasteiger partial charge in [0.2, 0.25) is 5.76 Å². The van der Waals surface area contributed by atoms with Crippen LogP contribution in [0.3, 0.4) is 0 Å². The van der Waals surface area contributed by atoms with Crippen molar-refractivity contribution in [3.63, 3.8) is 0 Å². The number of carbonyl (C=O) groups is 1. The molecule has 7 heteroatoms. The second kappa shape index (κ2) is 9.15. The molecule has 1 aliphatic rings. The molecule has 36 heavy (non-hydrogen) atoms. The quantitative estimate of drug-likeness (QED) is 0.367. The Balaban J connectivity index is 1.63. The molecule has 1 amide bonds. The molecule has 0 saturated carbocycles. The van der Waals surface area contributed by atoms with E-state index in [0.29, 0.717) is 28.9 Å². The predicted octanol–water partition coefficient (Wildman–Crippen LogP) is 5.35. The molecule has 184 valence electrons. The Bertz CT molecular complexity index is 1560. The number of aryl methyl sites for hydroxylation is 2. The Hall–Kier alpha value is -4.13. The fourth-order valence-electron chi connectivity index (χ4n) is 5.05. The standard InChI is InChI=1S/C29H26FNO5/c1-16-13-17(2)24-23(14-16)36-28-25(27(24)32)26(19-7-5-6-8-20(19)30)31(29(28)33)12-11-18-9-10-21(34-3)22(15-18)35-4/h5-10,13-15,26H,11-12H2,1-4H3/t26-/m0/s1. The van der Waals surface area contributed by atoms with Crippen LogP contribution in [0.25, 0.3) is 11.0 Å². The lowest BCUT2D eigenvalue weighted by atomic mass is 9.96. The Labute approximate surface area is 207 Å². The number of amides is 1. The number of ether oxygens (including phenoxy) is 2. The third-order valence-corrected chi connectivity index (χ3v) is 6.70. The first kappa shape index (κ1) is 23.6. The van der Waals surface area contributed by atoms with Crippen molar-refractivity contribution in [3.05, 3.63) is 104 Å². The second-order valence-electron chi connectivity index (χ2n) is 8.99. The lowest BCUT2D eigenvalue weighted by Crippen LogP contribution is -2.32. The number of hydrogen-bond donors (Lipinski definition) is 0. The number of carbonyl (C=O) groups excluding carboxylic acids is 1. The van der Waals surface area contributed by atoms with Crippen LogP contribution < -0.4 is 14.9 Å². The smallest absolute Gasteiger partial charge is 0.290 e. The molecule has 1 aromatic heterocycles. The second-order valence-corrected chi connectivity index (χ2v) is 8.99. The monoisotopic (exact) mass is 487 g/mol. The largest absolute Gasteiger partial charge is 0.493 e. The number of fused-ring (bicyclic) bond motifs is 2. The molecule has 6 nitrogen and oxygen atoms in total. The number of nitrogens with zero attached hydrogens (tertiary/aromatic N) is 1. The third kappa shape index (κ3) is 3.81. The molecule has 3 aromatic carbocycles. The Morgan fingerprint density at radius 1 is 0.972 bits per heavy atom. The van der Waals surface area contributed by atoms with Crippen LogP contribution in [0.4, 0.5) is 4.39 Å². The summed E-state index contributed by atoms with van der Waals surface area (Å²) in [5, 5.41) is 0.412. The molecule has 0 aliphatic carbocycles. The summed E-state index contributed by atoms with van der Waals surface area (Å²) in [4.78, 5) is 28.9. The first-order chi connectivity index (χ1) is 17.3. The summed E-state index contributed by atoms with van der Waals surface area (Å²) in [5.74, 6) is 0.224. The average Bonchev–Trinajstić information content (AvgIpc) is 3.13. The molecule has 0 saturated heterocycles. The number of benzene rings is 3. The van der Waals surface area contributed by atoms with Gasteiger partial charge >= 0.3 is 0 Å². The van der Waals surface area contributed by atoms with Gasteiger partial charge in [0.1, 0.15) is 11.4 Å². The zero-order chi connectivity index (χ0) is 25.6. The van der Waals surface area contributed by atoms with Crippen molar-refractivity contribution in [1.29, 1.82) is 0 Å². The zero-order valence-corrected chi connectivity index (χ0v) is 20.6. The summed E-state index contributed by atoms with van der Waals surface area (Å²) in [6.45, 7) is 3.98. The van der Waals surface area contributed by atoms with Crippen molar-refractivity contribution in [2.75, 3.05) is 20.8 Å². The number of methoxy groups -OCH3 is 2. The van der Waals surface area contributed by atoms with Gasteiger partial charge in [-0.05, 0) is 61.2 Å².